The molecule has 2 atom stereocenters. The van der Waals surface area contributed by atoms with Gasteiger partial charge in [0.25, 0.3) is 0 Å². The molecular weight excluding hydrogens is 594 g/mol. The van der Waals surface area contributed by atoms with Crippen LogP contribution in [0.4, 0.5) is 8.78 Å². The first-order valence-corrected chi connectivity index (χ1v) is 15.1. The Labute approximate surface area is 257 Å². The molecule has 230 valence electrons. The second kappa shape index (κ2) is 11.6. The van der Waals surface area contributed by atoms with E-state index in [9.17, 15) is 18.7 Å². The summed E-state index contributed by atoms with van der Waals surface area (Å²) in [6, 6.07) is 13.0. The zero-order valence-electron chi connectivity index (χ0n) is 23.8. The molecule has 7 rings (SSSR count). The van der Waals surface area contributed by atoms with Crippen molar-refractivity contribution in [1.82, 2.24) is 19.4 Å². The van der Waals surface area contributed by atoms with Gasteiger partial charge < -0.3 is 23.9 Å². The summed E-state index contributed by atoms with van der Waals surface area (Å²) < 4.78 is 49.5. The number of carboxylic acid groups (broad SMARTS) is 1. The molecule has 3 aliphatic heterocycles. The highest BCUT2D eigenvalue weighted by Crippen LogP contribution is 2.47. The van der Waals surface area contributed by atoms with E-state index in [1.54, 1.807) is 12.1 Å². The standard InChI is InChI=1S/C32H31ClF2N4O5/c33-20-4-5-23(24(35)14-20)32(17-34)18-43-27-3-1-2-22(29(27)44-32)19-8-11-38(12-9-19)16-28-36-25-6-7-26(31(40)41)37-30(25)39(28)15-21-10-13-42-21/h1-7,14,19,21H,8-13,15-18H2,(H,40,41)/t21-,32?/m0/s1. The molecular formula is C32H31ClF2N4O5. The van der Waals surface area contributed by atoms with Crippen LogP contribution in [0.15, 0.2) is 48.5 Å². The number of likely N-dealkylation sites (tertiary alicyclic amines) is 1. The van der Waals surface area contributed by atoms with Crippen LogP contribution >= 0.6 is 11.6 Å². The van der Waals surface area contributed by atoms with Crippen molar-refractivity contribution in [3.8, 4) is 11.5 Å². The maximum absolute atomic E-state index is 14.9. The van der Waals surface area contributed by atoms with E-state index in [2.05, 4.69) is 9.88 Å². The number of halogens is 3. The van der Waals surface area contributed by atoms with Gasteiger partial charge in [-0.2, -0.15) is 0 Å². The van der Waals surface area contributed by atoms with Gasteiger partial charge in [0, 0.05) is 22.8 Å². The number of aromatic carboxylic acids is 1. The number of pyridine rings is 1. The highest BCUT2D eigenvalue weighted by Gasteiger charge is 2.44. The SMILES string of the molecule is O=C(O)c1ccc2nc(CN3CCC(c4cccc5c4OC(CF)(c4ccc(Cl)cc4F)CO5)CC3)n(C[C@@H]3CCO3)c2n1. The minimum atomic E-state index is -1.61. The number of hydrogen-bond acceptors (Lipinski definition) is 7. The Hall–Kier alpha value is -3.80. The number of carbonyl (C=O) groups is 1. The average molecular weight is 625 g/mol. The average Bonchev–Trinajstić information content (AvgIpc) is 3.34. The van der Waals surface area contributed by atoms with Crippen molar-refractivity contribution in [2.45, 2.75) is 50.0 Å². The molecule has 3 aliphatic rings. The first-order chi connectivity index (χ1) is 21.3. The number of para-hydroxylation sites is 1. The second-order valence-electron chi connectivity index (χ2n) is 11.6. The molecule has 12 heteroatoms. The molecule has 2 saturated heterocycles. The molecule has 1 unspecified atom stereocenters. The molecule has 0 bridgehead atoms. The second-order valence-corrected chi connectivity index (χ2v) is 12.1. The maximum Gasteiger partial charge on any atom is 0.354 e. The number of piperidine rings is 1. The van der Waals surface area contributed by atoms with Crippen LogP contribution in [0.1, 0.15) is 52.6 Å². The molecule has 9 nitrogen and oxygen atoms in total. The van der Waals surface area contributed by atoms with Gasteiger partial charge in [-0.3, -0.25) is 4.90 Å². The van der Waals surface area contributed by atoms with Crippen LogP contribution in [0.2, 0.25) is 5.02 Å². The number of ether oxygens (including phenoxy) is 3. The minimum Gasteiger partial charge on any atom is -0.485 e. The van der Waals surface area contributed by atoms with Crippen LogP contribution in [0.3, 0.4) is 0 Å². The first-order valence-electron chi connectivity index (χ1n) is 14.7. The molecule has 1 N–H and O–H groups in total. The number of alkyl halides is 1. The van der Waals surface area contributed by atoms with Crippen LogP contribution in [0.25, 0.3) is 11.2 Å². The van der Waals surface area contributed by atoms with Crippen molar-refractivity contribution in [3.05, 3.63) is 82.0 Å². The number of hydrogen-bond donors (Lipinski definition) is 1. The molecule has 2 fully saturated rings. The van der Waals surface area contributed by atoms with E-state index in [0.717, 1.165) is 49.8 Å². The molecule has 2 aromatic carbocycles. The highest BCUT2D eigenvalue weighted by atomic mass is 35.5. The van der Waals surface area contributed by atoms with Crippen LogP contribution in [-0.4, -0.2) is 69.6 Å². The third-order valence-corrected chi connectivity index (χ3v) is 9.10. The smallest absolute Gasteiger partial charge is 0.354 e. The molecule has 0 aliphatic carbocycles. The van der Waals surface area contributed by atoms with Gasteiger partial charge in [-0.05, 0) is 68.6 Å². The number of rotatable bonds is 8. The molecule has 44 heavy (non-hydrogen) atoms. The predicted molar refractivity (Wildman–Crippen MR) is 158 cm³/mol. The van der Waals surface area contributed by atoms with Gasteiger partial charge in [0.05, 0.1) is 19.2 Å². The molecule has 0 saturated carbocycles. The van der Waals surface area contributed by atoms with E-state index in [1.807, 2.05) is 16.7 Å². The number of nitrogens with zero attached hydrogens (tertiary/aromatic N) is 4. The predicted octanol–water partition coefficient (Wildman–Crippen LogP) is 5.73. The molecule has 0 radical (unpaired) electrons. The zero-order valence-corrected chi connectivity index (χ0v) is 24.6. The van der Waals surface area contributed by atoms with Crippen LogP contribution in [0.5, 0.6) is 11.5 Å². The summed E-state index contributed by atoms with van der Waals surface area (Å²) >= 11 is 5.95. The highest BCUT2D eigenvalue weighted by molar-refractivity contribution is 6.30. The normalized spacial score (nSPS) is 22.2. The number of fused-ring (bicyclic) bond motifs is 2. The Balaban J connectivity index is 1.10. The molecule has 0 spiro atoms. The van der Waals surface area contributed by atoms with Crippen LogP contribution in [-0.2, 0) is 23.4 Å². The topological polar surface area (TPSA) is 98.9 Å². The number of benzene rings is 2. The summed E-state index contributed by atoms with van der Waals surface area (Å²) in [6.45, 7) is 2.27. The number of aromatic nitrogens is 3. The molecule has 5 heterocycles. The van der Waals surface area contributed by atoms with Crippen LogP contribution in [0, 0.1) is 5.82 Å². The van der Waals surface area contributed by atoms with Gasteiger partial charge in [-0.25, -0.2) is 23.5 Å². The summed E-state index contributed by atoms with van der Waals surface area (Å²) in [5, 5.41) is 9.70. The van der Waals surface area contributed by atoms with E-state index < -0.39 is 24.1 Å². The maximum atomic E-state index is 14.9. The zero-order chi connectivity index (χ0) is 30.4. The van der Waals surface area contributed by atoms with E-state index in [4.69, 9.17) is 30.8 Å². The van der Waals surface area contributed by atoms with Gasteiger partial charge in [-0.1, -0.05) is 29.8 Å². The Morgan fingerprint density at radius 3 is 2.64 bits per heavy atom. The van der Waals surface area contributed by atoms with Gasteiger partial charge in [0.1, 0.15) is 30.4 Å². The lowest BCUT2D eigenvalue weighted by molar-refractivity contribution is -0.0593. The number of carboxylic acids is 1. The summed E-state index contributed by atoms with van der Waals surface area (Å²) in [4.78, 5) is 23.1. The quantitative estimate of drug-likeness (QED) is 0.266. The van der Waals surface area contributed by atoms with Gasteiger partial charge in [0.15, 0.2) is 28.4 Å². The van der Waals surface area contributed by atoms with Crippen molar-refractivity contribution in [2.75, 3.05) is 33.0 Å². The molecule has 0 amide bonds. The fourth-order valence-corrected chi connectivity index (χ4v) is 6.50. The Morgan fingerprint density at radius 1 is 1.11 bits per heavy atom. The fourth-order valence-electron chi connectivity index (χ4n) is 6.34. The lowest BCUT2D eigenvalue weighted by atomic mass is 9.87. The first kappa shape index (κ1) is 28.9. The summed E-state index contributed by atoms with van der Waals surface area (Å²) in [7, 11) is 0. The lowest BCUT2D eigenvalue weighted by Gasteiger charge is -2.39. The summed E-state index contributed by atoms with van der Waals surface area (Å²) in [6.07, 6.45) is 2.61. The Bertz CT molecular complexity index is 1720. The van der Waals surface area contributed by atoms with Gasteiger partial charge >= 0.3 is 5.97 Å². The van der Waals surface area contributed by atoms with Gasteiger partial charge in [-0.15, -0.1) is 0 Å². The minimum absolute atomic E-state index is 0.0199. The van der Waals surface area contributed by atoms with Crippen molar-refractivity contribution in [1.29, 1.82) is 0 Å². The van der Waals surface area contributed by atoms with E-state index >= 15 is 0 Å². The van der Waals surface area contributed by atoms with Crippen molar-refractivity contribution < 1.29 is 32.9 Å². The van der Waals surface area contributed by atoms with E-state index in [1.165, 1.54) is 18.2 Å². The monoisotopic (exact) mass is 624 g/mol. The largest absolute Gasteiger partial charge is 0.485 e. The van der Waals surface area contributed by atoms with Crippen LogP contribution < -0.4 is 9.47 Å². The Morgan fingerprint density at radius 2 is 1.93 bits per heavy atom. The lowest BCUT2D eigenvalue weighted by Crippen LogP contribution is -2.45. The Kier molecular flexibility index (Phi) is 7.63. The molecule has 2 aromatic heterocycles. The molecule has 4 aromatic rings. The fraction of sp³-hybridized carbons (Fsp3) is 0.406. The summed E-state index contributed by atoms with van der Waals surface area (Å²) in [5.74, 6) is 0.183. The van der Waals surface area contributed by atoms with Crippen molar-refractivity contribution in [3.63, 3.8) is 0 Å². The summed E-state index contributed by atoms with van der Waals surface area (Å²) in [5.41, 5.74) is 0.547. The van der Waals surface area contributed by atoms with E-state index in [-0.39, 0.29) is 34.9 Å². The van der Waals surface area contributed by atoms with Crippen molar-refractivity contribution >= 4 is 28.7 Å². The third kappa shape index (κ3) is 5.27. The third-order valence-electron chi connectivity index (χ3n) is 8.87. The van der Waals surface area contributed by atoms with Gasteiger partial charge in [0.2, 0.25) is 0 Å². The number of imidazole rings is 1. The van der Waals surface area contributed by atoms with Crippen molar-refractivity contribution in [2.24, 2.45) is 0 Å². The van der Waals surface area contributed by atoms with E-state index in [0.29, 0.717) is 42.4 Å².